The SMILES string of the molecule is Cc1cccc(C)c1N1CCN(CCCN)CC1. The van der Waals surface area contributed by atoms with Gasteiger partial charge in [0.2, 0.25) is 0 Å². The van der Waals surface area contributed by atoms with Crippen LogP contribution in [-0.2, 0) is 0 Å². The molecule has 1 aliphatic rings. The summed E-state index contributed by atoms with van der Waals surface area (Å²) in [6.45, 7) is 11.0. The van der Waals surface area contributed by atoms with Gasteiger partial charge in [-0.2, -0.15) is 0 Å². The maximum absolute atomic E-state index is 5.57. The number of anilines is 1. The van der Waals surface area contributed by atoms with Gasteiger partial charge in [-0.25, -0.2) is 0 Å². The van der Waals surface area contributed by atoms with E-state index >= 15 is 0 Å². The summed E-state index contributed by atoms with van der Waals surface area (Å²) in [7, 11) is 0. The maximum Gasteiger partial charge on any atom is 0.0426 e. The zero-order valence-corrected chi connectivity index (χ0v) is 11.7. The number of nitrogens with two attached hydrogens (primary N) is 1. The highest BCUT2D eigenvalue weighted by Crippen LogP contribution is 2.25. The molecule has 1 heterocycles. The summed E-state index contributed by atoms with van der Waals surface area (Å²) in [6, 6.07) is 6.57. The number of nitrogens with zero attached hydrogens (tertiary/aromatic N) is 2. The van der Waals surface area contributed by atoms with Gasteiger partial charge in [0.05, 0.1) is 0 Å². The van der Waals surface area contributed by atoms with Gasteiger partial charge in [-0.05, 0) is 44.5 Å². The smallest absolute Gasteiger partial charge is 0.0426 e. The normalized spacial score (nSPS) is 17.2. The van der Waals surface area contributed by atoms with Gasteiger partial charge in [0.15, 0.2) is 0 Å². The lowest BCUT2D eigenvalue weighted by molar-refractivity contribution is 0.256. The molecule has 0 aromatic heterocycles. The summed E-state index contributed by atoms with van der Waals surface area (Å²) in [5.74, 6) is 0. The number of hydrogen-bond acceptors (Lipinski definition) is 3. The topological polar surface area (TPSA) is 32.5 Å². The molecule has 0 atom stereocenters. The first kappa shape index (κ1) is 13.4. The molecule has 2 rings (SSSR count). The molecule has 1 aliphatic heterocycles. The zero-order valence-electron chi connectivity index (χ0n) is 11.7. The van der Waals surface area contributed by atoms with Crippen LogP contribution in [0.2, 0.25) is 0 Å². The molecule has 2 N–H and O–H groups in total. The van der Waals surface area contributed by atoms with Gasteiger partial charge in [0.1, 0.15) is 0 Å². The van der Waals surface area contributed by atoms with Crippen LogP contribution in [0.25, 0.3) is 0 Å². The largest absolute Gasteiger partial charge is 0.369 e. The summed E-state index contributed by atoms with van der Waals surface area (Å²) >= 11 is 0. The Kier molecular flexibility index (Phi) is 4.61. The molecule has 3 nitrogen and oxygen atoms in total. The van der Waals surface area contributed by atoms with Crippen LogP contribution in [0.1, 0.15) is 17.5 Å². The quantitative estimate of drug-likeness (QED) is 0.880. The molecule has 0 aliphatic carbocycles. The van der Waals surface area contributed by atoms with Crippen LogP contribution >= 0.6 is 0 Å². The predicted molar refractivity (Wildman–Crippen MR) is 78.2 cm³/mol. The van der Waals surface area contributed by atoms with Crippen molar-refractivity contribution in [1.82, 2.24) is 4.90 Å². The van der Waals surface area contributed by atoms with E-state index in [9.17, 15) is 0 Å². The van der Waals surface area contributed by atoms with Crippen molar-refractivity contribution in [3.63, 3.8) is 0 Å². The van der Waals surface area contributed by atoms with Gasteiger partial charge in [-0.1, -0.05) is 18.2 Å². The Morgan fingerprint density at radius 1 is 1.06 bits per heavy atom. The fourth-order valence-corrected chi connectivity index (χ4v) is 2.81. The molecule has 100 valence electrons. The van der Waals surface area contributed by atoms with E-state index < -0.39 is 0 Å². The molecule has 3 heteroatoms. The molecule has 0 bridgehead atoms. The Hall–Kier alpha value is -1.06. The van der Waals surface area contributed by atoms with E-state index in [4.69, 9.17) is 5.73 Å². The van der Waals surface area contributed by atoms with Crippen LogP contribution < -0.4 is 10.6 Å². The molecule has 1 saturated heterocycles. The molecular formula is C15H25N3. The van der Waals surface area contributed by atoms with E-state index in [-0.39, 0.29) is 0 Å². The molecule has 18 heavy (non-hydrogen) atoms. The minimum atomic E-state index is 0.803. The standard InChI is InChI=1S/C15H25N3/c1-13-5-3-6-14(2)15(13)18-11-9-17(10-12-18)8-4-7-16/h3,5-6H,4,7-12,16H2,1-2H3. The molecule has 1 aromatic rings. The van der Waals surface area contributed by atoms with Gasteiger partial charge in [0, 0.05) is 31.9 Å². The fraction of sp³-hybridized carbons (Fsp3) is 0.600. The Labute approximate surface area is 111 Å². The lowest BCUT2D eigenvalue weighted by Gasteiger charge is -2.37. The molecule has 0 radical (unpaired) electrons. The van der Waals surface area contributed by atoms with Crippen LogP contribution in [0.5, 0.6) is 0 Å². The van der Waals surface area contributed by atoms with Gasteiger partial charge in [0.25, 0.3) is 0 Å². The minimum Gasteiger partial charge on any atom is -0.369 e. The highest BCUT2D eigenvalue weighted by molar-refractivity contribution is 5.59. The average molecular weight is 247 g/mol. The molecule has 0 spiro atoms. The minimum absolute atomic E-state index is 0.803. The Morgan fingerprint density at radius 3 is 2.22 bits per heavy atom. The molecule has 1 fully saturated rings. The average Bonchev–Trinajstić information content (AvgIpc) is 2.37. The monoisotopic (exact) mass is 247 g/mol. The summed E-state index contributed by atoms with van der Waals surface area (Å²) in [6.07, 6.45) is 1.11. The number of benzene rings is 1. The zero-order chi connectivity index (χ0) is 13.0. The van der Waals surface area contributed by atoms with Crippen molar-refractivity contribution >= 4 is 5.69 Å². The number of piperazine rings is 1. The van der Waals surface area contributed by atoms with Crippen molar-refractivity contribution in [2.75, 3.05) is 44.2 Å². The lowest BCUT2D eigenvalue weighted by Crippen LogP contribution is -2.47. The lowest BCUT2D eigenvalue weighted by atomic mass is 10.1. The highest BCUT2D eigenvalue weighted by atomic mass is 15.3. The van der Waals surface area contributed by atoms with Crippen molar-refractivity contribution in [2.24, 2.45) is 5.73 Å². The Bertz CT molecular complexity index is 361. The van der Waals surface area contributed by atoms with Crippen LogP contribution in [0.15, 0.2) is 18.2 Å². The van der Waals surface area contributed by atoms with Crippen molar-refractivity contribution in [3.8, 4) is 0 Å². The molecular weight excluding hydrogens is 222 g/mol. The second-order valence-corrected chi connectivity index (χ2v) is 5.21. The molecule has 0 unspecified atom stereocenters. The number of aryl methyl sites for hydroxylation is 2. The van der Waals surface area contributed by atoms with E-state index in [1.54, 1.807) is 0 Å². The first-order valence-electron chi connectivity index (χ1n) is 6.96. The highest BCUT2D eigenvalue weighted by Gasteiger charge is 2.18. The maximum atomic E-state index is 5.57. The summed E-state index contributed by atoms with van der Waals surface area (Å²) in [4.78, 5) is 5.06. The predicted octanol–water partition coefficient (Wildman–Crippen LogP) is 1.77. The van der Waals surface area contributed by atoms with Gasteiger partial charge in [-0.3, -0.25) is 4.90 Å². The number of rotatable bonds is 4. The third-order valence-electron chi connectivity index (χ3n) is 3.81. The van der Waals surface area contributed by atoms with Crippen LogP contribution in [0, 0.1) is 13.8 Å². The van der Waals surface area contributed by atoms with E-state index in [1.165, 1.54) is 16.8 Å². The second kappa shape index (κ2) is 6.21. The summed E-state index contributed by atoms with van der Waals surface area (Å²) in [5, 5.41) is 0. The van der Waals surface area contributed by atoms with E-state index in [2.05, 4.69) is 41.8 Å². The molecule has 0 amide bonds. The van der Waals surface area contributed by atoms with Gasteiger partial charge >= 0.3 is 0 Å². The molecule has 0 saturated carbocycles. The van der Waals surface area contributed by atoms with Crippen molar-refractivity contribution in [2.45, 2.75) is 20.3 Å². The Balaban J connectivity index is 1.97. The van der Waals surface area contributed by atoms with Gasteiger partial charge < -0.3 is 10.6 Å². The van der Waals surface area contributed by atoms with Crippen LogP contribution in [0.4, 0.5) is 5.69 Å². The first-order valence-corrected chi connectivity index (χ1v) is 6.96. The van der Waals surface area contributed by atoms with E-state index in [0.29, 0.717) is 0 Å². The number of para-hydroxylation sites is 1. The Morgan fingerprint density at radius 2 is 1.67 bits per heavy atom. The van der Waals surface area contributed by atoms with Crippen LogP contribution in [0.3, 0.4) is 0 Å². The van der Waals surface area contributed by atoms with Crippen molar-refractivity contribution < 1.29 is 0 Å². The van der Waals surface area contributed by atoms with E-state index in [0.717, 1.165) is 45.7 Å². The van der Waals surface area contributed by atoms with Crippen molar-refractivity contribution in [3.05, 3.63) is 29.3 Å². The third-order valence-corrected chi connectivity index (χ3v) is 3.81. The molecule has 1 aromatic carbocycles. The van der Waals surface area contributed by atoms with Gasteiger partial charge in [-0.15, -0.1) is 0 Å². The van der Waals surface area contributed by atoms with Crippen molar-refractivity contribution in [1.29, 1.82) is 0 Å². The van der Waals surface area contributed by atoms with Crippen LogP contribution in [-0.4, -0.2) is 44.2 Å². The first-order chi connectivity index (χ1) is 8.72. The summed E-state index contributed by atoms with van der Waals surface area (Å²) < 4.78 is 0. The number of hydrogen-bond donors (Lipinski definition) is 1. The second-order valence-electron chi connectivity index (χ2n) is 5.21. The fourth-order valence-electron chi connectivity index (χ4n) is 2.81. The van der Waals surface area contributed by atoms with E-state index in [1.807, 2.05) is 0 Å². The third kappa shape index (κ3) is 3.03. The summed E-state index contributed by atoms with van der Waals surface area (Å²) in [5.41, 5.74) is 9.80.